The first-order chi connectivity index (χ1) is 6.15. The van der Waals surface area contributed by atoms with E-state index < -0.39 is 0 Å². The molecule has 0 fully saturated rings. The summed E-state index contributed by atoms with van der Waals surface area (Å²) in [4.78, 5) is 6.25. The van der Waals surface area contributed by atoms with Crippen LogP contribution in [0.5, 0.6) is 0 Å². The summed E-state index contributed by atoms with van der Waals surface area (Å²) in [6.45, 7) is 2.09. The van der Waals surface area contributed by atoms with Gasteiger partial charge in [0.25, 0.3) is 0 Å². The van der Waals surface area contributed by atoms with Gasteiger partial charge in [-0.05, 0) is 6.92 Å². The van der Waals surface area contributed by atoms with Crippen LogP contribution in [0.4, 0.5) is 0 Å². The van der Waals surface area contributed by atoms with Crippen molar-refractivity contribution < 1.29 is 0 Å². The summed E-state index contributed by atoms with van der Waals surface area (Å²) in [7, 11) is 5.82. The van der Waals surface area contributed by atoms with Gasteiger partial charge < -0.3 is 4.90 Å². The monoisotopic (exact) mass is 176 g/mol. The summed E-state index contributed by atoms with van der Waals surface area (Å²) in [6.07, 6.45) is 0. The summed E-state index contributed by atoms with van der Waals surface area (Å²) in [5.41, 5.74) is 2.44. The highest BCUT2D eigenvalue weighted by molar-refractivity contribution is 5.98. The van der Waals surface area contributed by atoms with Crippen molar-refractivity contribution in [2.45, 2.75) is 6.92 Å². The smallest absolute Gasteiger partial charge is 0.130 e. The Morgan fingerprint density at radius 3 is 2.08 bits per heavy atom. The number of rotatable bonds is 1. The van der Waals surface area contributed by atoms with Crippen LogP contribution in [0.15, 0.2) is 29.3 Å². The lowest BCUT2D eigenvalue weighted by Crippen LogP contribution is -2.22. The molecule has 0 N–H and O–H groups in total. The molecule has 0 atom stereocenters. The molecule has 0 bridgehead atoms. The van der Waals surface area contributed by atoms with Crippen LogP contribution in [0.1, 0.15) is 11.1 Å². The van der Waals surface area contributed by atoms with E-state index in [0.29, 0.717) is 0 Å². The van der Waals surface area contributed by atoms with Crippen LogP contribution in [0.25, 0.3) is 0 Å². The lowest BCUT2D eigenvalue weighted by Gasteiger charge is -2.15. The minimum Gasteiger partial charge on any atom is -0.363 e. The second-order valence-corrected chi connectivity index (χ2v) is 3.31. The van der Waals surface area contributed by atoms with Gasteiger partial charge in [-0.1, -0.05) is 29.8 Å². The van der Waals surface area contributed by atoms with Crippen molar-refractivity contribution in [1.29, 1.82) is 0 Å². The Morgan fingerprint density at radius 1 is 1.15 bits per heavy atom. The van der Waals surface area contributed by atoms with Crippen LogP contribution in [-0.2, 0) is 0 Å². The van der Waals surface area contributed by atoms with Crippen LogP contribution in [0.2, 0.25) is 0 Å². The fourth-order valence-corrected chi connectivity index (χ4v) is 1.29. The van der Waals surface area contributed by atoms with E-state index in [0.717, 1.165) is 11.4 Å². The van der Waals surface area contributed by atoms with Gasteiger partial charge in [-0.25, -0.2) is 0 Å². The molecule has 0 unspecified atom stereocenters. The third kappa shape index (κ3) is 2.31. The zero-order chi connectivity index (χ0) is 9.84. The van der Waals surface area contributed by atoms with E-state index in [9.17, 15) is 0 Å². The number of hydrogen-bond donors (Lipinski definition) is 0. The number of benzene rings is 1. The molecule has 1 rings (SSSR count). The van der Waals surface area contributed by atoms with Gasteiger partial charge in [0.15, 0.2) is 0 Å². The molecule has 0 saturated carbocycles. The van der Waals surface area contributed by atoms with E-state index in [4.69, 9.17) is 0 Å². The zero-order valence-electron chi connectivity index (χ0n) is 8.70. The summed E-state index contributed by atoms with van der Waals surface area (Å²) in [6, 6.07) is 8.39. The topological polar surface area (TPSA) is 15.6 Å². The summed E-state index contributed by atoms with van der Waals surface area (Å²) in [5.74, 6) is 1.01. The molecule has 0 radical (unpaired) electrons. The van der Waals surface area contributed by atoms with Crippen molar-refractivity contribution in [3.8, 4) is 0 Å². The molecule has 0 saturated heterocycles. The second-order valence-electron chi connectivity index (χ2n) is 3.31. The first-order valence-electron chi connectivity index (χ1n) is 4.36. The van der Waals surface area contributed by atoms with E-state index in [1.165, 1.54) is 5.56 Å². The highest BCUT2D eigenvalue weighted by atomic mass is 15.1. The van der Waals surface area contributed by atoms with Crippen LogP contribution < -0.4 is 0 Å². The standard InChI is InChI=1S/C11H16N2/c1-9-5-7-10(8-6-9)11(12-2)13(3)4/h5-8H,1-4H3/b12-11-. The molecule has 70 valence electrons. The first kappa shape index (κ1) is 9.78. The van der Waals surface area contributed by atoms with Crippen LogP contribution in [-0.4, -0.2) is 31.9 Å². The van der Waals surface area contributed by atoms with E-state index in [1.807, 2.05) is 26.0 Å². The van der Waals surface area contributed by atoms with Crippen molar-refractivity contribution in [2.24, 2.45) is 4.99 Å². The quantitative estimate of drug-likeness (QED) is 0.471. The largest absolute Gasteiger partial charge is 0.363 e. The van der Waals surface area contributed by atoms with Gasteiger partial charge in [0.1, 0.15) is 5.84 Å². The molecule has 0 aliphatic heterocycles. The lowest BCUT2D eigenvalue weighted by atomic mass is 10.1. The van der Waals surface area contributed by atoms with Gasteiger partial charge in [-0.3, -0.25) is 4.99 Å². The van der Waals surface area contributed by atoms with E-state index in [1.54, 1.807) is 0 Å². The van der Waals surface area contributed by atoms with Crippen molar-refractivity contribution in [3.63, 3.8) is 0 Å². The van der Waals surface area contributed by atoms with Gasteiger partial charge >= 0.3 is 0 Å². The molecule has 1 aromatic carbocycles. The third-order valence-corrected chi connectivity index (χ3v) is 1.95. The summed E-state index contributed by atoms with van der Waals surface area (Å²) >= 11 is 0. The molecule has 2 heteroatoms. The molecule has 13 heavy (non-hydrogen) atoms. The van der Waals surface area contributed by atoms with Crippen LogP contribution in [0, 0.1) is 6.92 Å². The summed E-state index contributed by atoms with van der Waals surface area (Å²) < 4.78 is 0. The van der Waals surface area contributed by atoms with Crippen molar-refractivity contribution in [3.05, 3.63) is 35.4 Å². The fraction of sp³-hybridized carbons (Fsp3) is 0.364. The number of aryl methyl sites for hydroxylation is 1. The van der Waals surface area contributed by atoms with E-state index >= 15 is 0 Å². The Balaban J connectivity index is 3.00. The number of amidine groups is 1. The van der Waals surface area contributed by atoms with Crippen molar-refractivity contribution in [2.75, 3.05) is 21.1 Å². The number of aliphatic imine (C=N–C) groups is 1. The Morgan fingerprint density at radius 2 is 1.69 bits per heavy atom. The Bertz CT molecular complexity index is 296. The third-order valence-electron chi connectivity index (χ3n) is 1.95. The summed E-state index contributed by atoms with van der Waals surface area (Å²) in [5, 5.41) is 0. The molecular formula is C11H16N2. The molecule has 0 spiro atoms. The van der Waals surface area contributed by atoms with Gasteiger partial charge in [0.05, 0.1) is 0 Å². The molecule has 0 amide bonds. The zero-order valence-corrected chi connectivity index (χ0v) is 8.70. The fourth-order valence-electron chi connectivity index (χ4n) is 1.29. The SMILES string of the molecule is C/N=C(/c1ccc(C)cc1)N(C)C. The highest BCUT2D eigenvalue weighted by Crippen LogP contribution is 2.05. The van der Waals surface area contributed by atoms with Crippen molar-refractivity contribution >= 4 is 5.84 Å². The maximum Gasteiger partial charge on any atom is 0.130 e. The van der Waals surface area contributed by atoms with Gasteiger partial charge in [0, 0.05) is 26.7 Å². The van der Waals surface area contributed by atoms with Crippen LogP contribution in [0.3, 0.4) is 0 Å². The minimum absolute atomic E-state index is 1.01. The predicted molar refractivity (Wildman–Crippen MR) is 57.3 cm³/mol. The predicted octanol–water partition coefficient (Wildman–Crippen LogP) is 1.93. The molecule has 0 aliphatic carbocycles. The van der Waals surface area contributed by atoms with E-state index in [2.05, 4.69) is 36.2 Å². The minimum atomic E-state index is 1.01. The van der Waals surface area contributed by atoms with Crippen molar-refractivity contribution in [1.82, 2.24) is 4.90 Å². The molecule has 0 aliphatic rings. The second kappa shape index (κ2) is 4.08. The Hall–Kier alpha value is -1.31. The molecule has 2 nitrogen and oxygen atoms in total. The maximum atomic E-state index is 4.23. The molecule has 1 aromatic rings. The normalized spacial score (nSPS) is 11.5. The highest BCUT2D eigenvalue weighted by Gasteiger charge is 2.02. The maximum absolute atomic E-state index is 4.23. The average Bonchev–Trinajstić information content (AvgIpc) is 2.09. The average molecular weight is 176 g/mol. The number of hydrogen-bond acceptors (Lipinski definition) is 1. The number of nitrogens with zero attached hydrogens (tertiary/aromatic N) is 2. The van der Waals surface area contributed by atoms with Crippen LogP contribution >= 0.6 is 0 Å². The molecule has 0 heterocycles. The first-order valence-corrected chi connectivity index (χ1v) is 4.36. The van der Waals surface area contributed by atoms with Gasteiger partial charge in [-0.15, -0.1) is 0 Å². The Labute approximate surface area is 79.9 Å². The Kier molecular flexibility index (Phi) is 3.07. The van der Waals surface area contributed by atoms with Gasteiger partial charge in [-0.2, -0.15) is 0 Å². The lowest BCUT2D eigenvalue weighted by molar-refractivity contribution is 0.622. The van der Waals surface area contributed by atoms with Gasteiger partial charge in [0.2, 0.25) is 0 Å². The van der Waals surface area contributed by atoms with E-state index in [-0.39, 0.29) is 0 Å². The molecule has 0 aromatic heterocycles. The molecular weight excluding hydrogens is 160 g/mol.